The van der Waals surface area contributed by atoms with Gasteiger partial charge in [0, 0.05) is 23.3 Å². The number of nitrogens with zero attached hydrogens (tertiary/aromatic N) is 1. The number of fused-ring (bicyclic) bond motifs is 2. The van der Waals surface area contributed by atoms with Gasteiger partial charge in [0.2, 0.25) is 0 Å². The van der Waals surface area contributed by atoms with E-state index >= 15 is 0 Å². The molecule has 3 aromatic carbocycles. The average molecular weight is 341 g/mol. The van der Waals surface area contributed by atoms with Gasteiger partial charge in [-0.05, 0) is 41.7 Å². The first kappa shape index (κ1) is 16.9. The molecule has 0 saturated carbocycles. The lowest BCUT2D eigenvalue weighted by atomic mass is 9.66. The molecule has 0 saturated heterocycles. The number of benzene rings is 3. The molecule has 0 aromatic heterocycles. The van der Waals surface area contributed by atoms with Crippen molar-refractivity contribution in [3.8, 4) is 0 Å². The lowest BCUT2D eigenvalue weighted by Gasteiger charge is -2.45. The van der Waals surface area contributed by atoms with E-state index in [0.717, 1.165) is 13.0 Å². The number of hydrogen-bond donors (Lipinski definition) is 0. The lowest BCUT2D eigenvalue weighted by Crippen LogP contribution is -2.36. The molecule has 1 nitrogen and oxygen atoms in total. The van der Waals surface area contributed by atoms with Gasteiger partial charge < -0.3 is 4.90 Å². The van der Waals surface area contributed by atoms with Gasteiger partial charge >= 0.3 is 0 Å². The van der Waals surface area contributed by atoms with Crippen LogP contribution in [0.2, 0.25) is 0 Å². The zero-order valence-electron chi connectivity index (χ0n) is 15.8. The van der Waals surface area contributed by atoms with E-state index in [1.165, 1.54) is 40.9 Å². The van der Waals surface area contributed by atoms with Crippen LogP contribution in [0, 0.1) is 0 Å². The Bertz CT molecular complexity index is 834. The Morgan fingerprint density at radius 3 is 1.77 bits per heavy atom. The monoisotopic (exact) mass is 341 g/mol. The highest BCUT2D eigenvalue weighted by Crippen LogP contribution is 2.53. The van der Waals surface area contributed by atoms with Gasteiger partial charge in [0.1, 0.15) is 0 Å². The second-order valence-electron chi connectivity index (χ2n) is 7.29. The third-order valence-corrected chi connectivity index (χ3v) is 5.88. The van der Waals surface area contributed by atoms with Gasteiger partial charge in [-0.25, -0.2) is 0 Å². The molecule has 1 aliphatic rings. The fraction of sp³-hybridized carbons (Fsp3) is 0.280. The summed E-state index contributed by atoms with van der Waals surface area (Å²) in [4.78, 5) is 2.50. The maximum atomic E-state index is 2.50. The second kappa shape index (κ2) is 6.99. The van der Waals surface area contributed by atoms with Crippen LogP contribution in [-0.2, 0) is 12.0 Å². The summed E-state index contributed by atoms with van der Waals surface area (Å²) in [7, 11) is 0. The first-order valence-corrected chi connectivity index (χ1v) is 9.80. The van der Waals surface area contributed by atoms with Gasteiger partial charge in [0.15, 0.2) is 0 Å². The normalized spacial score (nSPS) is 14.6. The average Bonchev–Trinajstić information content (AvgIpc) is 2.71. The van der Waals surface area contributed by atoms with Crippen LogP contribution in [0.5, 0.6) is 0 Å². The third-order valence-electron chi connectivity index (χ3n) is 5.88. The molecule has 0 fully saturated rings. The molecule has 1 aliphatic heterocycles. The summed E-state index contributed by atoms with van der Waals surface area (Å²) in [5.74, 6) is 0. The van der Waals surface area contributed by atoms with Crippen molar-refractivity contribution in [2.45, 2.75) is 45.1 Å². The smallest absolute Gasteiger partial charge is 0.0481 e. The predicted molar refractivity (Wildman–Crippen MR) is 111 cm³/mol. The molecule has 0 spiro atoms. The Labute approximate surface area is 157 Å². The number of rotatable bonds is 5. The lowest BCUT2D eigenvalue weighted by molar-refractivity contribution is 0.444. The maximum absolute atomic E-state index is 2.50. The van der Waals surface area contributed by atoms with Crippen LogP contribution < -0.4 is 4.90 Å². The molecule has 3 aromatic rings. The maximum Gasteiger partial charge on any atom is 0.0481 e. The Balaban J connectivity index is 1.92. The Morgan fingerprint density at radius 2 is 1.23 bits per heavy atom. The first-order chi connectivity index (χ1) is 12.8. The van der Waals surface area contributed by atoms with Crippen molar-refractivity contribution in [2.24, 2.45) is 0 Å². The summed E-state index contributed by atoms with van der Waals surface area (Å²) in [5, 5.41) is 0. The van der Waals surface area contributed by atoms with E-state index in [0.29, 0.717) is 0 Å². The quantitative estimate of drug-likeness (QED) is 0.491. The van der Waals surface area contributed by atoms with Gasteiger partial charge in [0.25, 0.3) is 0 Å². The molecule has 0 amide bonds. The molecule has 26 heavy (non-hydrogen) atoms. The van der Waals surface area contributed by atoms with Crippen LogP contribution in [0.3, 0.4) is 0 Å². The summed E-state index contributed by atoms with van der Waals surface area (Å²) in [6.45, 7) is 5.55. The number of anilines is 2. The zero-order valence-corrected chi connectivity index (χ0v) is 15.8. The van der Waals surface area contributed by atoms with Crippen molar-refractivity contribution >= 4 is 11.4 Å². The van der Waals surface area contributed by atoms with E-state index in [1.807, 2.05) is 0 Å². The van der Waals surface area contributed by atoms with Crippen molar-refractivity contribution in [2.75, 3.05) is 4.90 Å². The number of hydrogen-bond acceptors (Lipinski definition) is 1. The van der Waals surface area contributed by atoms with Crippen molar-refractivity contribution < 1.29 is 0 Å². The highest BCUT2D eigenvalue weighted by Gasteiger charge is 2.40. The molecule has 1 heterocycles. The third kappa shape index (κ3) is 2.63. The Morgan fingerprint density at radius 1 is 0.692 bits per heavy atom. The summed E-state index contributed by atoms with van der Waals surface area (Å²) in [6, 6.07) is 28.8. The van der Waals surface area contributed by atoms with Crippen LogP contribution >= 0.6 is 0 Å². The molecule has 0 radical (unpaired) electrons. The van der Waals surface area contributed by atoms with E-state index in [1.54, 1.807) is 0 Å². The molecule has 4 rings (SSSR count). The standard InChI is InChI=1S/C25H27N/c1-3-18-25(4-2)21-14-8-10-16-23(21)26(19-20-12-6-5-7-13-20)24-17-11-9-15-22(24)25/h5-17H,3-4,18-19H2,1-2H3. The van der Waals surface area contributed by atoms with E-state index in [-0.39, 0.29) is 5.41 Å². The second-order valence-corrected chi connectivity index (χ2v) is 7.29. The minimum absolute atomic E-state index is 0.120. The van der Waals surface area contributed by atoms with Crippen molar-refractivity contribution in [3.05, 3.63) is 95.6 Å². The van der Waals surface area contributed by atoms with Gasteiger partial charge in [-0.3, -0.25) is 0 Å². The molecule has 132 valence electrons. The van der Waals surface area contributed by atoms with Crippen molar-refractivity contribution in [1.82, 2.24) is 0 Å². The zero-order chi connectivity index (χ0) is 18.0. The highest BCUT2D eigenvalue weighted by molar-refractivity contribution is 5.78. The van der Waals surface area contributed by atoms with Crippen LogP contribution in [0.1, 0.15) is 49.8 Å². The Kier molecular flexibility index (Phi) is 4.55. The summed E-state index contributed by atoms with van der Waals surface area (Å²) in [5.41, 5.74) is 7.17. The van der Waals surface area contributed by atoms with Crippen LogP contribution in [-0.4, -0.2) is 0 Å². The SMILES string of the molecule is CCCC1(CC)c2ccccc2N(Cc2ccccc2)c2ccccc21. The summed E-state index contributed by atoms with van der Waals surface area (Å²) in [6.07, 6.45) is 3.51. The molecule has 0 atom stereocenters. The first-order valence-electron chi connectivity index (χ1n) is 9.80. The predicted octanol–water partition coefficient (Wildman–Crippen LogP) is 6.83. The minimum Gasteiger partial charge on any atom is -0.336 e. The van der Waals surface area contributed by atoms with Crippen LogP contribution in [0.25, 0.3) is 0 Å². The van der Waals surface area contributed by atoms with Crippen LogP contribution in [0.15, 0.2) is 78.9 Å². The highest BCUT2D eigenvalue weighted by atomic mass is 15.1. The fourth-order valence-electron chi connectivity index (χ4n) is 4.69. The van der Waals surface area contributed by atoms with Gasteiger partial charge in [0.05, 0.1) is 0 Å². The fourth-order valence-corrected chi connectivity index (χ4v) is 4.69. The van der Waals surface area contributed by atoms with Crippen molar-refractivity contribution in [3.63, 3.8) is 0 Å². The Hall–Kier alpha value is -2.54. The van der Waals surface area contributed by atoms with E-state index in [4.69, 9.17) is 0 Å². The largest absolute Gasteiger partial charge is 0.336 e. The molecule has 0 aliphatic carbocycles. The minimum atomic E-state index is 0.120. The van der Waals surface area contributed by atoms with Crippen molar-refractivity contribution in [1.29, 1.82) is 0 Å². The molecule has 0 unspecified atom stereocenters. The topological polar surface area (TPSA) is 3.24 Å². The molecular weight excluding hydrogens is 314 g/mol. The van der Waals surface area contributed by atoms with E-state index in [9.17, 15) is 0 Å². The van der Waals surface area contributed by atoms with Gasteiger partial charge in [-0.2, -0.15) is 0 Å². The summed E-state index contributed by atoms with van der Waals surface area (Å²) < 4.78 is 0. The number of para-hydroxylation sites is 2. The van der Waals surface area contributed by atoms with Crippen LogP contribution in [0.4, 0.5) is 11.4 Å². The van der Waals surface area contributed by atoms with Gasteiger partial charge in [-0.15, -0.1) is 0 Å². The van der Waals surface area contributed by atoms with E-state index in [2.05, 4.69) is 97.6 Å². The molecule has 1 heteroatoms. The molecule has 0 N–H and O–H groups in total. The van der Waals surface area contributed by atoms with E-state index < -0.39 is 0 Å². The van der Waals surface area contributed by atoms with Gasteiger partial charge in [-0.1, -0.05) is 87.0 Å². The molecule has 0 bridgehead atoms. The molecular formula is C25H27N. The summed E-state index contributed by atoms with van der Waals surface area (Å²) >= 11 is 0.